The van der Waals surface area contributed by atoms with E-state index in [1.165, 1.54) is 24.6 Å². The van der Waals surface area contributed by atoms with Gasteiger partial charge in [-0.1, -0.05) is 6.07 Å². The maximum atomic E-state index is 12.2. The van der Waals surface area contributed by atoms with Gasteiger partial charge < -0.3 is 15.2 Å². The first-order valence-corrected chi connectivity index (χ1v) is 7.04. The second-order valence-corrected chi connectivity index (χ2v) is 5.21. The van der Waals surface area contributed by atoms with E-state index >= 15 is 0 Å². The van der Waals surface area contributed by atoms with Crippen molar-refractivity contribution < 1.29 is 19.4 Å². The van der Waals surface area contributed by atoms with E-state index in [1.54, 1.807) is 18.2 Å². The van der Waals surface area contributed by atoms with Gasteiger partial charge in [0.2, 0.25) is 5.88 Å². The third-order valence-corrected chi connectivity index (χ3v) is 3.76. The molecule has 2 rings (SSSR count). The fourth-order valence-corrected chi connectivity index (χ4v) is 2.54. The van der Waals surface area contributed by atoms with Gasteiger partial charge in [0.25, 0.3) is 5.91 Å². The number of nitrogens with zero attached hydrogens (tertiary/aromatic N) is 1. The Kier molecular flexibility index (Phi) is 4.89. The van der Waals surface area contributed by atoms with Gasteiger partial charge in [0.1, 0.15) is 0 Å². The molecule has 0 saturated carbocycles. The molecule has 2 N–H and O–H groups in total. The van der Waals surface area contributed by atoms with Crippen LogP contribution in [0.15, 0.2) is 35.8 Å². The molecule has 1 unspecified atom stereocenters. The van der Waals surface area contributed by atoms with Crippen LogP contribution in [0.1, 0.15) is 27.7 Å². The van der Waals surface area contributed by atoms with Crippen molar-refractivity contribution in [3.05, 3.63) is 46.3 Å². The largest absolute Gasteiger partial charge is 0.481 e. The molecule has 0 spiro atoms. The summed E-state index contributed by atoms with van der Waals surface area (Å²) in [4.78, 5) is 27.8. The molecule has 0 radical (unpaired) electrons. The number of amides is 1. The van der Waals surface area contributed by atoms with Crippen LogP contribution in [-0.4, -0.2) is 29.1 Å². The second-order valence-electron chi connectivity index (χ2n) is 4.23. The molecule has 2 heterocycles. The number of carboxylic acid groups (broad SMARTS) is 1. The van der Waals surface area contributed by atoms with Gasteiger partial charge >= 0.3 is 5.97 Å². The first kappa shape index (κ1) is 15.0. The number of carbonyl (C=O) groups is 2. The molecule has 110 valence electrons. The van der Waals surface area contributed by atoms with Gasteiger partial charge in [-0.2, -0.15) is 0 Å². The highest BCUT2D eigenvalue weighted by molar-refractivity contribution is 7.10. The summed E-state index contributed by atoms with van der Waals surface area (Å²) in [5.74, 6) is -0.932. The smallest absolute Gasteiger partial charge is 0.305 e. The number of pyridine rings is 1. The molecule has 0 aromatic carbocycles. The monoisotopic (exact) mass is 306 g/mol. The van der Waals surface area contributed by atoms with Crippen LogP contribution in [0.5, 0.6) is 5.88 Å². The van der Waals surface area contributed by atoms with E-state index < -0.39 is 12.0 Å². The Labute approximate surface area is 125 Å². The van der Waals surface area contributed by atoms with Crippen molar-refractivity contribution in [1.29, 1.82) is 0 Å². The van der Waals surface area contributed by atoms with Crippen LogP contribution >= 0.6 is 11.3 Å². The van der Waals surface area contributed by atoms with E-state index in [0.29, 0.717) is 11.4 Å². The normalized spacial score (nSPS) is 11.7. The molecular weight excluding hydrogens is 292 g/mol. The number of aromatic nitrogens is 1. The van der Waals surface area contributed by atoms with Gasteiger partial charge in [-0.05, 0) is 17.5 Å². The fourth-order valence-electron chi connectivity index (χ4n) is 1.76. The third kappa shape index (κ3) is 4.03. The van der Waals surface area contributed by atoms with Crippen molar-refractivity contribution in [3.63, 3.8) is 0 Å². The summed E-state index contributed by atoms with van der Waals surface area (Å²) < 4.78 is 4.92. The van der Waals surface area contributed by atoms with Gasteiger partial charge in [0, 0.05) is 17.1 Å². The van der Waals surface area contributed by atoms with Crippen molar-refractivity contribution in [2.24, 2.45) is 0 Å². The third-order valence-electron chi connectivity index (χ3n) is 2.78. The van der Waals surface area contributed by atoms with Crippen molar-refractivity contribution >= 4 is 23.2 Å². The minimum absolute atomic E-state index is 0.171. The van der Waals surface area contributed by atoms with Crippen LogP contribution in [0.25, 0.3) is 0 Å². The Morgan fingerprint density at radius 1 is 1.43 bits per heavy atom. The van der Waals surface area contributed by atoms with E-state index in [4.69, 9.17) is 9.84 Å². The SMILES string of the molecule is COc1ccc(C(=O)NC(CC(=O)O)c2cccs2)cn1. The zero-order chi connectivity index (χ0) is 15.2. The van der Waals surface area contributed by atoms with Crippen LogP contribution < -0.4 is 10.1 Å². The lowest BCUT2D eigenvalue weighted by Crippen LogP contribution is -2.29. The Morgan fingerprint density at radius 2 is 2.24 bits per heavy atom. The highest BCUT2D eigenvalue weighted by atomic mass is 32.1. The Bertz CT molecular complexity index is 610. The first-order valence-electron chi connectivity index (χ1n) is 6.16. The number of carboxylic acids is 1. The Balaban J connectivity index is 2.11. The van der Waals surface area contributed by atoms with Gasteiger partial charge in [0.15, 0.2) is 0 Å². The second kappa shape index (κ2) is 6.85. The van der Waals surface area contributed by atoms with E-state index in [2.05, 4.69) is 10.3 Å². The van der Waals surface area contributed by atoms with Crippen LogP contribution in [0.2, 0.25) is 0 Å². The number of aliphatic carboxylic acids is 1. The fraction of sp³-hybridized carbons (Fsp3) is 0.214. The summed E-state index contributed by atoms with van der Waals surface area (Å²) in [6, 6.07) is 6.21. The molecule has 0 aliphatic carbocycles. The summed E-state index contributed by atoms with van der Waals surface area (Å²) in [5, 5.41) is 13.5. The molecule has 0 aliphatic heterocycles. The lowest BCUT2D eigenvalue weighted by atomic mass is 10.1. The summed E-state index contributed by atoms with van der Waals surface area (Å²) in [5.41, 5.74) is 0.350. The van der Waals surface area contributed by atoms with Crippen LogP contribution in [0.4, 0.5) is 0 Å². The summed E-state index contributed by atoms with van der Waals surface area (Å²) >= 11 is 1.40. The number of nitrogens with one attached hydrogen (secondary N) is 1. The van der Waals surface area contributed by atoms with Crippen molar-refractivity contribution in [1.82, 2.24) is 10.3 Å². The van der Waals surface area contributed by atoms with Gasteiger partial charge in [-0.3, -0.25) is 9.59 Å². The first-order chi connectivity index (χ1) is 10.1. The average Bonchev–Trinajstić information content (AvgIpc) is 3.00. The lowest BCUT2D eigenvalue weighted by molar-refractivity contribution is -0.137. The maximum absolute atomic E-state index is 12.2. The number of rotatable bonds is 6. The van der Waals surface area contributed by atoms with E-state index in [-0.39, 0.29) is 12.3 Å². The Morgan fingerprint density at radius 3 is 2.76 bits per heavy atom. The standard InChI is InChI=1S/C14H14N2O4S/c1-20-12-5-4-9(8-15-12)14(19)16-10(7-13(17)18)11-3-2-6-21-11/h2-6,8,10H,7H2,1H3,(H,16,19)(H,17,18). The van der Waals surface area contributed by atoms with Gasteiger partial charge in [-0.15, -0.1) is 11.3 Å². The van der Waals surface area contributed by atoms with Crippen molar-refractivity contribution in [3.8, 4) is 5.88 Å². The van der Waals surface area contributed by atoms with Crippen LogP contribution in [0, 0.1) is 0 Å². The molecule has 2 aromatic heterocycles. The molecule has 2 aromatic rings. The molecule has 21 heavy (non-hydrogen) atoms. The van der Waals surface area contributed by atoms with Crippen LogP contribution in [-0.2, 0) is 4.79 Å². The molecular formula is C14H14N2O4S. The summed E-state index contributed by atoms with van der Waals surface area (Å²) in [7, 11) is 1.49. The lowest BCUT2D eigenvalue weighted by Gasteiger charge is -2.15. The summed E-state index contributed by atoms with van der Waals surface area (Å²) in [6.07, 6.45) is 1.22. The predicted molar refractivity (Wildman–Crippen MR) is 77.6 cm³/mol. The maximum Gasteiger partial charge on any atom is 0.305 e. The molecule has 7 heteroatoms. The molecule has 1 atom stereocenters. The van der Waals surface area contributed by atoms with Crippen molar-refractivity contribution in [2.45, 2.75) is 12.5 Å². The van der Waals surface area contributed by atoms with E-state index in [9.17, 15) is 9.59 Å². The number of ether oxygens (including phenoxy) is 1. The molecule has 0 saturated heterocycles. The minimum Gasteiger partial charge on any atom is -0.481 e. The highest BCUT2D eigenvalue weighted by Gasteiger charge is 2.19. The number of thiophene rings is 1. The quantitative estimate of drug-likeness (QED) is 0.853. The molecule has 0 bridgehead atoms. The number of hydrogen-bond acceptors (Lipinski definition) is 5. The topological polar surface area (TPSA) is 88.5 Å². The number of carbonyl (C=O) groups excluding carboxylic acids is 1. The highest BCUT2D eigenvalue weighted by Crippen LogP contribution is 2.22. The van der Waals surface area contributed by atoms with Crippen LogP contribution in [0.3, 0.4) is 0 Å². The number of hydrogen-bond donors (Lipinski definition) is 2. The van der Waals surface area contributed by atoms with Gasteiger partial charge in [0.05, 0.1) is 25.1 Å². The average molecular weight is 306 g/mol. The van der Waals surface area contributed by atoms with E-state index in [0.717, 1.165) is 4.88 Å². The predicted octanol–water partition coefficient (Wildman–Crippen LogP) is 2.10. The van der Waals surface area contributed by atoms with Gasteiger partial charge in [-0.25, -0.2) is 4.98 Å². The molecule has 6 nitrogen and oxygen atoms in total. The zero-order valence-electron chi connectivity index (χ0n) is 11.3. The minimum atomic E-state index is -0.971. The summed E-state index contributed by atoms with van der Waals surface area (Å²) in [6.45, 7) is 0. The number of methoxy groups -OCH3 is 1. The van der Waals surface area contributed by atoms with E-state index in [1.807, 2.05) is 11.4 Å². The molecule has 0 fully saturated rings. The molecule has 0 aliphatic rings. The Hall–Kier alpha value is -2.41. The molecule has 1 amide bonds. The van der Waals surface area contributed by atoms with Crippen molar-refractivity contribution in [2.75, 3.05) is 7.11 Å². The zero-order valence-corrected chi connectivity index (χ0v) is 12.1.